The molecule has 4 nitrogen and oxygen atoms in total. The lowest BCUT2D eigenvalue weighted by Gasteiger charge is -2.04. The predicted molar refractivity (Wildman–Crippen MR) is 64.6 cm³/mol. The summed E-state index contributed by atoms with van der Waals surface area (Å²) < 4.78 is 5.59. The number of amides is 1. The van der Waals surface area contributed by atoms with Gasteiger partial charge in [-0.15, -0.1) is 0 Å². The number of hydrogen-bond acceptors (Lipinski definition) is 3. The summed E-state index contributed by atoms with van der Waals surface area (Å²) in [5, 5.41) is 0.302. The van der Waals surface area contributed by atoms with E-state index in [9.17, 15) is 4.79 Å². The van der Waals surface area contributed by atoms with Crippen LogP contribution in [0.3, 0.4) is 0 Å². The number of pyridine rings is 1. The summed E-state index contributed by atoms with van der Waals surface area (Å²) in [4.78, 5) is 15.5. The van der Waals surface area contributed by atoms with Crippen LogP contribution in [0.5, 0.6) is 0 Å². The first kappa shape index (κ1) is 10.4. The zero-order valence-corrected chi connectivity index (χ0v) is 9.84. The summed E-state index contributed by atoms with van der Waals surface area (Å²) in [7, 11) is 0. The van der Waals surface area contributed by atoms with Crippen molar-refractivity contribution in [3.63, 3.8) is 0 Å². The number of nitrogens with two attached hydrogens (primary N) is 1. The SMILES string of the molecule is Cc1cc2nc(Cl)c3c(c2o1)CC=C3C(N)=O. The van der Waals surface area contributed by atoms with Gasteiger partial charge >= 0.3 is 0 Å². The summed E-state index contributed by atoms with van der Waals surface area (Å²) in [6, 6.07) is 1.82. The van der Waals surface area contributed by atoms with Gasteiger partial charge in [-0.3, -0.25) is 4.79 Å². The molecule has 3 rings (SSSR count). The van der Waals surface area contributed by atoms with Crippen LogP contribution < -0.4 is 5.73 Å². The quantitative estimate of drug-likeness (QED) is 0.787. The Bertz CT molecular complexity index is 685. The highest BCUT2D eigenvalue weighted by Gasteiger charge is 2.26. The van der Waals surface area contributed by atoms with Crippen molar-refractivity contribution < 1.29 is 9.21 Å². The van der Waals surface area contributed by atoms with E-state index in [0.29, 0.717) is 33.8 Å². The van der Waals surface area contributed by atoms with Crippen LogP contribution >= 0.6 is 11.6 Å². The van der Waals surface area contributed by atoms with Crippen LogP contribution in [-0.2, 0) is 11.2 Å². The lowest BCUT2D eigenvalue weighted by atomic mass is 10.1. The standard InChI is InChI=1S/C12H9ClN2O2/c1-5-4-8-10(17-5)6-2-3-7(12(14)16)9(6)11(13)15-8/h3-4H,2H2,1H3,(H2,14,16). The molecule has 0 radical (unpaired) electrons. The second-order valence-corrected chi connectivity index (χ2v) is 4.37. The number of allylic oxidation sites excluding steroid dienone is 1. The molecule has 0 fully saturated rings. The van der Waals surface area contributed by atoms with Gasteiger partial charge in [0.2, 0.25) is 5.91 Å². The Morgan fingerprint density at radius 3 is 3.06 bits per heavy atom. The van der Waals surface area contributed by atoms with Crippen molar-refractivity contribution in [2.24, 2.45) is 5.73 Å². The topological polar surface area (TPSA) is 69.1 Å². The fraction of sp³-hybridized carbons (Fsp3) is 0.167. The Balaban J connectivity index is 2.36. The zero-order valence-electron chi connectivity index (χ0n) is 9.08. The second kappa shape index (κ2) is 3.34. The van der Waals surface area contributed by atoms with E-state index in [0.717, 1.165) is 11.3 Å². The molecule has 1 amide bonds. The van der Waals surface area contributed by atoms with Gasteiger partial charge in [-0.05, 0) is 13.3 Å². The highest BCUT2D eigenvalue weighted by atomic mass is 35.5. The molecule has 0 saturated carbocycles. The van der Waals surface area contributed by atoms with Crippen molar-refractivity contribution in [2.45, 2.75) is 13.3 Å². The summed E-state index contributed by atoms with van der Waals surface area (Å²) in [5.41, 5.74) is 8.64. The molecule has 0 unspecified atom stereocenters. The number of halogens is 1. The van der Waals surface area contributed by atoms with Crippen LogP contribution in [0.25, 0.3) is 16.7 Å². The molecular formula is C12H9ClN2O2. The van der Waals surface area contributed by atoms with Crippen molar-refractivity contribution in [3.8, 4) is 0 Å². The summed E-state index contributed by atoms with van der Waals surface area (Å²) in [6.07, 6.45) is 2.36. The van der Waals surface area contributed by atoms with Crippen molar-refractivity contribution in [1.82, 2.24) is 4.98 Å². The molecule has 17 heavy (non-hydrogen) atoms. The van der Waals surface area contributed by atoms with E-state index in [4.69, 9.17) is 21.8 Å². The lowest BCUT2D eigenvalue weighted by Crippen LogP contribution is -2.12. The highest BCUT2D eigenvalue weighted by Crippen LogP contribution is 2.37. The largest absolute Gasteiger partial charge is 0.459 e. The molecule has 0 atom stereocenters. The minimum absolute atomic E-state index is 0.302. The molecule has 2 N–H and O–H groups in total. The average molecular weight is 249 g/mol. The molecule has 2 aromatic rings. The van der Waals surface area contributed by atoms with Gasteiger partial charge in [-0.25, -0.2) is 4.98 Å². The molecule has 1 aliphatic carbocycles. The van der Waals surface area contributed by atoms with Crippen LogP contribution in [0.1, 0.15) is 16.9 Å². The molecule has 0 bridgehead atoms. The third-order valence-corrected chi connectivity index (χ3v) is 3.16. The van der Waals surface area contributed by atoms with Gasteiger partial charge in [-0.1, -0.05) is 17.7 Å². The molecular weight excluding hydrogens is 240 g/mol. The maximum Gasteiger partial charge on any atom is 0.249 e. The number of rotatable bonds is 1. The fourth-order valence-electron chi connectivity index (χ4n) is 2.20. The highest BCUT2D eigenvalue weighted by molar-refractivity contribution is 6.35. The maximum absolute atomic E-state index is 11.3. The Morgan fingerprint density at radius 1 is 1.59 bits per heavy atom. The van der Waals surface area contributed by atoms with Crippen LogP contribution in [0.2, 0.25) is 5.15 Å². The number of carbonyl (C=O) groups is 1. The molecule has 0 saturated heterocycles. The van der Waals surface area contributed by atoms with E-state index in [1.54, 1.807) is 6.08 Å². The van der Waals surface area contributed by atoms with Gasteiger partial charge in [0.1, 0.15) is 16.4 Å². The first-order valence-electron chi connectivity index (χ1n) is 5.17. The Morgan fingerprint density at radius 2 is 2.35 bits per heavy atom. The monoisotopic (exact) mass is 248 g/mol. The summed E-state index contributed by atoms with van der Waals surface area (Å²) in [5.74, 6) is 0.277. The second-order valence-electron chi connectivity index (χ2n) is 4.01. The fourth-order valence-corrected chi connectivity index (χ4v) is 2.51. The minimum Gasteiger partial charge on any atom is -0.459 e. The molecule has 86 valence electrons. The van der Waals surface area contributed by atoms with Gasteiger partial charge in [0, 0.05) is 22.8 Å². The van der Waals surface area contributed by atoms with Crippen LogP contribution in [-0.4, -0.2) is 10.9 Å². The number of hydrogen-bond donors (Lipinski definition) is 1. The lowest BCUT2D eigenvalue weighted by molar-refractivity contribution is -0.112. The number of fused-ring (bicyclic) bond motifs is 3. The first-order chi connectivity index (χ1) is 8.08. The predicted octanol–water partition coefficient (Wildman–Crippen LogP) is 2.21. The smallest absolute Gasteiger partial charge is 0.249 e. The molecule has 2 heterocycles. The summed E-state index contributed by atoms with van der Waals surface area (Å²) >= 11 is 6.10. The molecule has 0 aromatic carbocycles. The molecule has 5 heteroatoms. The van der Waals surface area contributed by atoms with Gasteiger partial charge < -0.3 is 10.2 Å². The van der Waals surface area contributed by atoms with E-state index in [-0.39, 0.29) is 0 Å². The first-order valence-corrected chi connectivity index (χ1v) is 5.54. The Labute approximate surface area is 102 Å². The van der Waals surface area contributed by atoms with Gasteiger partial charge in [0.05, 0.1) is 0 Å². The number of furan rings is 1. The third kappa shape index (κ3) is 1.37. The Hall–Kier alpha value is -1.81. The molecule has 0 spiro atoms. The molecule has 2 aromatic heterocycles. The van der Waals surface area contributed by atoms with E-state index >= 15 is 0 Å². The van der Waals surface area contributed by atoms with Gasteiger partial charge in [-0.2, -0.15) is 0 Å². The minimum atomic E-state index is -0.491. The number of aryl methyl sites for hydroxylation is 1. The van der Waals surface area contributed by atoms with E-state index < -0.39 is 5.91 Å². The zero-order chi connectivity index (χ0) is 12.2. The normalized spacial score (nSPS) is 13.9. The van der Waals surface area contributed by atoms with Crippen molar-refractivity contribution in [2.75, 3.05) is 0 Å². The van der Waals surface area contributed by atoms with Crippen molar-refractivity contribution in [3.05, 3.63) is 34.2 Å². The third-order valence-electron chi connectivity index (χ3n) is 2.88. The maximum atomic E-state index is 11.3. The van der Waals surface area contributed by atoms with E-state index in [2.05, 4.69) is 4.98 Å². The summed E-state index contributed by atoms with van der Waals surface area (Å²) in [6.45, 7) is 1.85. The molecule has 0 aliphatic heterocycles. The number of carbonyl (C=O) groups excluding carboxylic acids is 1. The number of aromatic nitrogens is 1. The van der Waals surface area contributed by atoms with E-state index in [1.807, 2.05) is 13.0 Å². The van der Waals surface area contributed by atoms with Crippen LogP contribution in [0.15, 0.2) is 16.6 Å². The molecule has 1 aliphatic rings. The van der Waals surface area contributed by atoms with Crippen LogP contribution in [0, 0.1) is 6.92 Å². The average Bonchev–Trinajstić information content (AvgIpc) is 2.80. The Kier molecular flexibility index (Phi) is 2.03. The van der Waals surface area contributed by atoms with Crippen molar-refractivity contribution >= 4 is 34.2 Å². The van der Waals surface area contributed by atoms with Crippen molar-refractivity contribution in [1.29, 1.82) is 0 Å². The number of nitrogens with zero attached hydrogens (tertiary/aromatic N) is 1. The van der Waals surface area contributed by atoms with Crippen LogP contribution in [0.4, 0.5) is 0 Å². The van der Waals surface area contributed by atoms with E-state index in [1.165, 1.54) is 0 Å². The van der Waals surface area contributed by atoms with Gasteiger partial charge in [0.25, 0.3) is 0 Å². The van der Waals surface area contributed by atoms with Gasteiger partial charge in [0.15, 0.2) is 5.58 Å². The number of primary amides is 1.